The summed E-state index contributed by atoms with van der Waals surface area (Å²) in [7, 11) is 0. The number of hydrogen-bond donors (Lipinski definition) is 2. The highest BCUT2D eigenvalue weighted by Gasteiger charge is 2.55. The van der Waals surface area contributed by atoms with Gasteiger partial charge in [-0.3, -0.25) is 4.57 Å². The van der Waals surface area contributed by atoms with Gasteiger partial charge in [0.05, 0.1) is 17.2 Å². The van der Waals surface area contributed by atoms with Gasteiger partial charge in [0.25, 0.3) is 0 Å². The van der Waals surface area contributed by atoms with Crippen molar-refractivity contribution >= 4 is 38.0 Å². The van der Waals surface area contributed by atoms with Crippen LogP contribution in [0.25, 0.3) is 22.1 Å². The molecule has 4 bridgehead atoms. The van der Waals surface area contributed by atoms with E-state index in [4.69, 9.17) is 0 Å². The SMILES string of the molecule is O=c1[nH]c2cnc3[nH]ccc3c2n1[C@@H]1[C@@H]2CC3C[C@H]1C[C@@](Br)(C3)C2. The van der Waals surface area contributed by atoms with Gasteiger partial charge in [-0.15, -0.1) is 0 Å². The van der Waals surface area contributed by atoms with Crippen molar-refractivity contribution in [1.29, 1.82) is 0 Å². The molecule has 0 aromatic carbocycles. The summed E-state index contributed by atoms with van der Waals surface area (Å²) in [4.78, 5) is 23.5. The van der Waals surface area contributed by atoms with E-state index in [1.54, 1.807) is 6.20 Å². The number of alkyl halides is 1. The molecule has 0 amide bonds. The molecule has 124 valence electrons. The summed E-state index contributed by atoms with van der Waals surface area (Å²) in [6, 6.07) is 2.37. The van der Waals surface area contributed by atoms with E-state index in [2.05, 4.69) is 35.4 Å². The molecule has 6 heteroatoms. The van der Waals surface area contributed by atoms with E-state index in [1.165, 1.54) is 32.1 Å². The average Bonchev–Trinajstić information content (AvgIpc) is 3.09. The van der Waals surface area contributed by atoms with E-state index in [0.717, 1.165) is 28.0 Å². The third-order valence-electron chi connectivity index (χ3n) is 6.71. The van der Waals surface area contributed by atoms with Crippen LogP contribution in [0.4, 0.5) is 0 Å². The van der Waals surface area contributed by atoms with Crippen molar-refractivity contribution in [3.8, 4) is 0 Å². The van der Waals surface area contributed by atoms with Crippen molar-refractivity contribution in [2.24, 2.45) is 17.8 Å². The Morgan fingerprint density at radius 3 is 2.79 bits per heavy atom. The number of pyridine rings is 1. The molecular formula is C18H19BrN4O. The van der Waals surface area contributed by atoms with Gasteiger partial charge in [-0.1, -0.05) is 15.9 Å². The molecule has 2 N–H and O–H groups in total. The number of nitrogens with one attached hydrogen (secondary N) is 2. The van der Waals surface area contributed by atoms with Crippen LogP contribution in [0.2, 0.25) is 0 Å². The lowest BCUT2D eigenvalue weighted by Crippen LogP contribution is -2.53. The highest BCUT2D eigenvalue weighted by Crippen LogP contribution is 2.62. The van der Waals surface area contributed by atoms with Crippen LogP contribution in [-0.2, 0) is 0 Å². The summed E-state index contributed by atoms with van der Waals surface area (Å²) in [6.07, 6.45) is 9.96. The van der Waals surface area contributed by atoms with Crippen molar-refractivity contribution in [1.82, 2.24) is 19.5 Å². The van der Waals surface area contributed by atoms with Gasteiger partial charge in [-0.25, -0.2) is 9.78 Å². The Morgan fingerprint density at radius 2 is 2.04 bits per heavy atom. The van der Waals surface area contributed by atoms with Gasteiger partial charge in [-0.2, -0.15) is 0 Å². The van der Waals surface area contributed by atoms with Gasteiger partial charge < -0.3 is 9.97 Å². The smallest absolute Gasteiger partial charge is 0.326 e. The van der Waals surface area contributed by atoms with E-state index in [1.807, 2.05) is 12.3 Å². The Morgan fingerprint density at radius 1 is 1.25 bits per heavy atom. The average molecular weight is 387 g/mol. The summed E-state index contributed by atoms with van der Waals surface area (Å²) >= 11 is 4.04. The maximum Gasteiger partial charge on any atom is 0.326 e. The van der Waals surface area contributed by atoms with Crippen LogP contribution in [-0.4, -0.2) is 23.8 Å². The molecule has 0 saturated heterocycles. The molecule has 3 heterocycles. The van der Waals surface area contributed by atoms with Crippen LogP contribution in [0.1, 0.15) is 38.1 Å². The Hall–Kier alpha value is -1.56. The molecule has 0 aliphatic heterocycles. The van der Waals surface area contributed by atoms with Crippen molar-refractivity contribution < 1.29 is 0 Å². The monoisotopic (exact) mass is 386 g/mol. The zero-order valence-electron chi connectivity index (χ0n) is 13.3. The number of hydrogen-bond acceptors (Lipinski definition) is 2. The van der Waals surface area contributed by atoms with Gasteiger partial charge >= 0.3 is 5.69 Å². The Balaban J connectivity index is 1.61. The maximum atomic E-state index is 12.9. The summed E-state index contributed by atoms with van der Waals surface area (Å²) in [5.74, 6) is 2.05. The number of nitrogens with zero attached hydrogens (tertiary/aromatic N) is 2. The fraction of sp³-hybridized carbons (Fsp3) is 0.556. The molecule has 4 fully saturated rings. The Labute approximate surface area is 147 Å². The molecule has 0 spiro atoms. The standard InChI is InChI=1S/C18H19BrN4O/c19-18-5-9-3-10(6-18)14(11(4-9)7-18)23-15-12-1-2-20-16(12)21-8-13(15)22-17(23)24/h1-2,8-11,14H,3-7H2,(H,20,21)(H,22,24)/t9?,10-,11+,14-,18-. The van der Waals surface area contributed by atoms with Gasteiger partial charge in [0.1, 0.15) is 5.65 Å². The van der Waals surface area contributed by atoms with E-state index in [0.29, 0.717) is 22.2 Å². The van der Waals surface area contributed by atoms with Crippen LogP contribution in [0.5, 0.6) is 0 Å². The van der Waals surface area contributed by atoms with E-state index in [9.17, 15) is 4.79 Å². The van der Waals surface area contributed by atoms with Gasteiger partial charge in [0.2, 0.25) is 0 Å². The molecule has 24 heavy (non-hydrogen) atoms. The predicted octanol–water partition coefficient (Wildman–Crippen LogP) is 3.72. The summed E-state index contributed by atoms with van der Waals surface area (Å²) in [5, 5.41) is 1.05. The first-order chi connectivity index (χ1) is 11.6. The Bertz CT molecular complexity index is 1010. The third kappa shape index (κ3) is 1.65. The predicted molar refractivity (Wildman–Crippen MR) is 96.5 cm³/mol. The summed E-state index contributed by atoms with van der Waals surface area (Å²) < 4.78 is 2.41. The molecule has 3 aromatic rings. The van der Waals surface area contributed by atoms with Crippen molar-refractivity contribution in [3.05, 3.63) is 28.9 Å². The fourth-order valence-corrected chi connectivity index (χ4v) is 7.52. The number of imidazole rings is 1. The number of H-pyrrole nitrogens is 2. The number of aromatic amines is 2. The molecule has 4 aliphatic carbocycles. The minimum Gasteiger partial charge on any atom is -0.346 e. The lowest BCUT2D eigenvalue weighted by Gasteiger charge is -2.58. The first kappa shape index (κ1) is 13.7. The van der Waals surface area contributed by atoms with E-state index < -0.39 is 0 Å². The molecule has 4 saturated carbocycles. The second kappa shape index (κ2) is 4.34. The number of aromatic nitrogens is 4. The van der Waals surface area contributed by atoms with Crippen molar-refractivity contribution in [2.45, 2.75) is 42.5 Å². The van der Waals surface area contributed by atoms with Crippen LogP contribution < -0.4 is 5.69 Å². The van der Waals surface area contributed by atoms with E-state index in [-0.39, 0.29) is 5.69 Å². The first-order valence-corrected chi connectivity index (χ1v) is 9.66. The molecule has 4 aliphatic rings. The molecule has 0 radical (unpaired) electrons. The molecule has 5 atom stereocenters. The fourth-order valence-electron chi connectivity index (χ4n) is 6.23. The van der Waals surface area contributed by atoms with Gasteiger partial charge in [0.15, 0.2) is 0 Å². The zero-order chi connectivity index (χ0) is 16.1. The quantitative estimate of drug-likeness (QED) is 0.625. The molecule has 5 nitrogen and oxygen atoms in total. The number of fused-ring (bicyclic) bond motifs is 3. The topological polar surface area (TPSA) is 66.5 Å². The lowest BCUT2D eigenvalue weighted by molar-refractivity contribution is -0.0108. The van der Waals surface area contributed by atoms with Crippen LogP contribution >= 0.6 is 15.9 Å². The highest BCUT2D eigenvalue weighted by molar-refractivity contribution is 9.10. The molecular weight excluding hydrogens is 368 g/mol. The largest absolute Gasteiger partial charge is 0.346 e. The number of halogens is 1. The highest BCUT2D eigenvalue weighted by atomic mass is 79.9. The van der Waals surface area contributed by atoms with Crippen molar-refractivity contribution in [3.63, 3.8) is 0 Å². The Kier molecular flexibility index (Phi) is 2.48. The van der Waals surface area contributed by atoms with Crippen LogP contribution in [0.3, 0.4) is 0 Å². The van der Waals surface area contributed by atoms with Gasteiger partial charge in [0, 0.05) is 21.9 Å². The summed E-state index contributed by atoms with van der Waals surface area (Å²) in [5.41, 5.74) is 2.78. The normalized spacial score (nSPS) is 37.7. The van der Waals surface area contributed by atoms with E-state index >= 15 is 0 Å². The van der Waals surface area contributed by atoms with Crippen LogP contribution in [0.15, 0.2) is 23.3 Å². The summed E-state index contributed by atoms with van der Waals surface area (Å²) in [6.45, 7) is 0. The minimum atomic E-state index is 0.0293. The second-order valence-corrected chi connectivity index (χ2v) is 9.85. The third-order valence-corrected chi connectivity index (χ3v) is 7.68. The first-order valence-electron chi connectivity index (χ1n) is 8.86. The molecule has 7 rings (SSSR count). The van der Waals surface area contributed by atoms with Gasteiger partial charge in [-0.05, 0) is 55.9 Å². The lowest BCUT2D eigenvalue weighted by atomic mass is 9.54. The number of rotatable bonds is 1. The van der Waals surface area contributed by atoms with Crippen molar-refractivity contribution in [2.75, 3.05) is 0 Å². The zero-order valence-corrected chi connectivity index (χ0v) is 14.8. The maximum absolute atomic E-state index is 12.9. The molecule has 3 aromatic heterocycles. The second-order valence-electron chi connectivity index (χ2n) is 8.17. The minimum absolute atomic E-state index is 0.0293. The van der Waals surface area contributed by atoms with Crippen LogP contribution in [0, 0.1) is 17.8 Å². The molecule has 1 unspecified atom stereocenters.